The fraction of sp³-hybridized carbons (Fsp3) is 0.234. The van der Waals surface area contributed by atoms with Crippen molar-refractivity contribution in [1.82, 2.24) is 29.9 Å². The predicted molar refractivity (Wildman–Crippen MR) is 249 cm³/mol. The van der Waals surface area contributed by atoms with Crippen LogP contribution in [-0.4, -0.2) is 29.9 Å². The zero-order valence-electron chi connectivity index (χ0n) is 39.8. The molecule has 6 heterocycles. The van der Waals surface area contributed by atoms with Gasteiger partial charge in [0.1, 0.15) is 16.9 Å². The third-order valence-electron chi connectivity index (χ3n) is 6.29. The fourth-order valence-electron chi connectivity index (χ4n) is 3.38. The van der Waals surface area contributed by atoms with Crippen molar-refractivity contribution in [3.8, 4) is 0 Å². The molecule has 0 fully saturated rings. The predicted octanol–water partition coefficient (Wildman–Crippen LogP) is 19.6. The molecule has 0 aliphatic rings. The van der Waals surface area contributed by atoms with Crippen molar-refractivity contribution in [3.05, 3.63) is 223 Å². The van der Waals surface area contributed by atoms with Gasteiger partial charge in [0.25, 0.3) is 0 Å². The van der Waals surface area contributed by atoms with E-state index in [2.05, 4.69) is 29.9 Å². The van der Waals surface area contributed by atoms with Gasteiger partial charge in [-0.1, -0.05) is 44.6 Å². The first-order chi connectivity index (χ1) is 30.5. The van der Waals surface area contributed by atoms with Crippen LogP contribution in [0.2, 0.25) is 0 Å². The molecule has 0 aliphatic carbocycles. The van der Waals surface area contributed by atoms with E-state index in [9.17, 15) is 114 Å². The summed E-state index contributed by atoms with van der Waals surface area (Å²) in [6.45, 7) is 0. The van der Waals surface area contributed by atoms with Gasteiger partial charge in [0.15, 0.2) is 46.5 Å². The van der Waals surface area contributed by atoms with Gasteiger partial charge in [0, 0.05) is 159 Å². The fourth-order valence-corrected chi connectivity index (χ4v) is 3.38. The van der Waals surface area contributed by atoms with Crippen LogP contribution < -0.4 is 0 Å². The largest absolute Gasteiger partial charge is 0.422 e. The number of aromatic nitrogens is 6. The summed E-state index contributed by atoms with van der Waals surface area (Å²) in [7, 11) is 0. The first kappa shape index (κ1) is 132. The molecule has 38 heteroatoms. The van der Waals surface area contributed by atoms with E-state index in [4.69, 9.17) is 0 Å². The van der Waals surface area contributed by atoms with Gasteiger partial charge in [-0.05, 0) is 24.3 Å². The number of rotatable bonds is 0. The molecule has 6 aromatic rings. The van der Waals surface area contributed by atoms with E-state index in [0.29, 0.717) is 61.6 Å². The van der Waals surface area contributed by atoms with Gasteiger partial charge < -0.3 is 44.6 Å². The van der Waals surface area contributed by atoms with Gasteiger partial charge in [-0.3, -0.25) is 19.9 Å². The molecular formula is C47H56F26N6Ta6-6. The molecule has 0 aliphatic heterocycles. The van der Waals surface area contributed by atoms with E-state index in [-0.39, 0.29) is 242 Å². The van der Waals surface area contributed by atoms with Crippen molar-refractivity contribution in [2.45, 2.75) is 75.4 Å². The van der Waals surface area contributed by atoms with E-state index in [1.807, 2.05) is 0 Å². The molecule has 85 heavy (non-hydrogen) atoms. The summed E-state index contributed by atoms with van der Waals surface area (Å²) in [5.41, 5.74) is -6.92. The van der Waals surface area contributed by atoms with Crippen LogP contribution in [0.1, 0.15) is 72.4 Å². The summed E-state index contributed by atoms with van der Waals surface area (Å²) in [5, 5.41) is 0. The maximum absolute atomic E-state index is 12.4. The third kappa shape index (κ3) is 49.0. The number of hydrogen-bond donors (Lipinski definition) is 0. The van der Waals surface area contributed by atoms with E-state index >= 15 is 0 Å². The van der Waals surface area contributed by atoms with Gasteiger partial charge in [0.2, 0.25) is 11.9 Å². The van der Waals surface area contributed by atoms with Crippen LogP contribution >= 0.6 is 0 Å². The van der Waals surface area contributed by atoms with Crippen molar-refractivity contribution >= 4 is 0 Å². The maximum Gasteiger partial charge on any atom is 0.422 e. The summed E-state index contributed by atoms with van der Waals surface area (Å²) in [6, 6.07) is 1.76. The second-order valence-electron chi connectivity index (χ2n) is 11.1. The Morgan fingerprint density at radius 2 is 0.600 bits per heavy atom. The molecule has 0 spiro atoms. The smallest absolute Gasteiger partial charge is 0.358 e. The number of nitrogens with zero attached hydrogens (tertiary/aromatic N) is 6. The van der Waals surface area contributed by atoms with Crippen LogP contribution in [0.4, 0.5) is 114 Å². The standard InChI is InChI=1S/3C6H2F5N.2C6H3F4N.C5H2F3N.6CH4.6CH3.6Ta/c7-3-1-12-2-4(8)5(3)6(9,10)11;7-4-2-12-1-3(5(4)8)6(9,10)11;7-4-1-3(6(9,10)11)2-12-5(4)8;7-5-1-4(2-11-3-5)6(8,9)10;7-5-2-1-4(3-11-5)6(8,9)10;6-3-1-9-2-4(7)5(3)8;;;;;;;;;;;;;;;;;;/h3*1-2H;2*1-3H;1-2H;6*1H4;6*1H3;;;;;;/q;;;;;;;;;;;;6*-1;;;;;;. The third-order valence-corrected chi connectivity index (χ3v) is 6.29. The Hall–Kier alpha value is -2.48. The summed E-state index contributed by atoms with van der Waals surface area (Å²) in [4.78, 5) is 17.3. The number of hydrogen-bond acceptors (Lipinski definition) is 6. The van der Waals surface area contributed by atoms with Gasteiger partial charge in [-0.25, -0.2) is 49.5 Å². The van der Waals surface area contributed by atoms with Crippen molar-refractivity contribution in [2.24, 2.45) is 0 Å². The van der Waals surface area contributed by atoms with Gasteiger partial charge >= 0.3 is 30.9 Å². The molecule has 0 bridgehead atoms. The molecule has 0 unspecified atom stereocenters. The average Bonchev–Trinajstić information content (AvgIpc) is 3.18. The van der Waals surface area contributed by atoms with E-state index < -0.39 is 123 Å². The Morgan fingerprint density at radius 1 is 0.282 bits per heavy atom. The molecule has 6 rings (SSSR count). The molecule has 492 valence electrons. The molecule has 6 nitrogen and oxygen atoms in total. The summed E-state index contributed by atoms with van der Waals surface area (Å²) in [6.07, 6.45) is -19.1. The summed E-state index contributed by atoms with van der Waals surface area (Å²) >= 11 is 0. The molecule has 0 amide bonds. The Bertz CT molecular complexity index is 2480. The van der Waals surface area contributed by atoms with Crippen LogP contribution in [0.3, 0.4) is 0 Å². The van der Waals surface area contributed by atoms with Gasteiger partial charge in [0.05, 0.1) is 53.9 Å². The quantitative estimate of drug-likeness (QED) is 0.0857. The zero-order valence-corrected chi connectivity index (χ0v) is 59.1. The summed E-state index contributed by atoms with van der Waals surface area (Å²) < 4.78 is 310. The molecule has 0 aromatic carbocycles. The van der Waals surface area contributed by atoms with Crippen molar-refractivity contribution in [2.75, 3.05) is 0 Å². The minimum atomic E-state index is -5.02. The summed E-state index contributed by atoms with van der Waals surface area (Å²) in [5.74, 6) is -16.0. The topological polar surface area (TPSA) is 77.3 Å². The minimum absolute atomic E-state index is 0. The van der Waals surface area contributed by atoms with Crippen molar-refractivity contribution < 1.29 is 248 Å². The number of alkyl halides is 15. The number of halogens is 26. The van der Waals surface area contributed by atoms with Crippen molar-refractivity contribution in [3.63, 3.8) is 0 Å². The van der Waals surface area contributed by atoms with E-state index in [0.717, 1.165) is 6.20 Å². The van der Waals surface area contributed by atoms with Crippen LogP contribution in [0.15, 0.2) is 86.2 Å². The maximum atomic E-state index is 12.4. The minimum Gasteiger partial charge on any atom is -0.358 e. The Balaban J connectivity index is -0.0000000381. The first-order valence-electron chi connectivity index (χ1n) is 15.9. The normalized spacial score (nSPS) is 9.01. The Morgan fingerprint density at radius 3 is 0.859 bits per heavy atom. The molecule has 0 saturated carbocycles. The van der Waals surface area contributed by atoms with Crippen LogP contribution in [0, 0.1) is 109 Å². The van der Waals surface area contributed by atoms with Crippen LogP contribution in [-0.2, 0) is 165 Å². The molecule has 6 radical (unpaired) electrons. The van der Waals surface area contributed by atoms with Crippen LogP contribution in [0.5, 0.6) is 0 Å². The Labute approximate surface area is 571 Å². The number of pyridine rings is 6. The molecule has 0 atom stereocenters. The SMILES string of the molecule is C.C.C.C.C.C.Fc1cc(C(F)(F)F)cnc1F.Fc1ccc(C(F)(F)F)cn1.Fc1cncc(C(F)(F)F)c1.Fc1cncc(C(F)(F)F)c1F.Fc1cncc(F)c1C(F)(F)F.Fc1cncc(F)c1F.[CH3-].[CH3-].[CH3-].[CH3-].[CH3-].[CH3-].[Ta].[Ta].[Ta].[Ta].[Ta].[Ta]. The molecule has 0 saturated heterocycles. The second kappa shape index (κ2) is 57.9. The van der Waals surface area contributed by atoms with Crippen LogP contribution in [0.25, 0.3) is 0 Å². The first-order valence-corrected chi connectivity index (χ1v) is 15.9. The monoisotopic (exact) mass is 2280 g/mol. The molecule has 6 aromatic heterocycles. The van der Waals surface area contributed by atoms with E-state index in [1.165, 1.54) is 0 Å². The second-order valence-corrected chi connectivity index (χ2v) is 11.1. The Kier molecular flexibility index (Phi) is 89.8. The zero-order chi connectivity index (χ0) is 51.9. The molecule has 0 N–H and O–H groups in total. The van der Waals surface area contributed by atoms with Gasteiger partial charge in [-0.15, -0.1) is 0 Å². The average molecular weight is 2280 g/mol. The van der Waals surface area contributed by atoms with E-state index in [1.54, 1.807) is 0 Å². The van der Waals surface area contributed by atoms with Crippen molar-refractivity contribution in [1.29, 1.82) is 0 Å². The molecular weight excluding hydrogens is 2230 g/mol. The van der Waals surface area contributed by atoms with Gasteiger partial charge in [-0.2, -0.15) is 74.6 Å².